The third-order valence-electron chi connectivity index (χ3n) is 3.56. The smallest absolute Gasteiger partial charge is 0.226 e. The van der Waals surface area contributed by atoms with Gasteiger partial charge in [0, 0.05) is 23.7 Å². The summed E-state index contributed by atoms with van der Waals surface area (Å²) in [5, 5.41) is 6.76. The van der Waals surface area contributed by atoms with Gasteiger partial charge in [-0.1, -0.05) is 23.7 Å². The first kappa shape index (κ1) is 17.2. The largest absolute Gasteiger partial charge is 0.495 e. The highest BCUT2D eigenvalue weighted by atomic mass is 35.5. The maximum absolute atomic E-state index is 12.1. The molecular weight excluding hydrogens is 312 g/mol. The number of carbonyl (C=O) groups excluding carboxylic acids is 1. The second-order valence-corrected chi connectivity index (χ2v) is 5.75. The van der Waals surface area contributed by atoms with Gasteiger partial charge >= 0.3 is 0 Å². The number of halogens is 1. The Hall–Kier alpha value is -2.20. The molecule has 23 heavy (non-hydrogen) atoms. The van der Waals surface area contributed by atoms with Gasteiger partial charge in [0.05, 0.1) is 12.8 Å². The molecule has 0 unspecified atom stereocenters. The summed E-state index contributed by atoms with van der Waals surface area (Å²) < 4.78 is 5.30. The molecule has 0 radical (unpaired) electrons. The van der Waals surface area contributed by atoms with Crippen molar-refractivity contribution in [1.29, 1.82) is 0 Å². The van der Waals surface area contributed by atoms with E-state index in [4.69, 9.17) is 16.3 Å². The number of ether oxygens (including phenoxy) is 1. The Labute approximate surface area is 141 Å². The van der Waals surface area contributed by atoms with Crippen molar-refractivity contribution in [2.45, 2.75) is 20.3 Å². The van der Waals surface area contributed by atoms with Crippen LogP contribution in [0.15, 0.2) is 36.4 Å². The number of rotatable bonds is 6. The van der Waals surface area contributed by atoms with E-state index in [0.29, 0.717) is 18.0 Å². The molecule has 0 aliphatic heterocycles. The van der Waals surface area contributed by atoms with E-state index in [1.165, 1.54) is 0 Å². The van der Waals surface area contributed by atoms with Crippen LogP contribution in [0.3, 0.4) is 0 Å². The average molecular weight is 333 g/mol. The number of hydrogen-bond donors (Lipinski definition) is 2. The van der Waals surface area contributed by atoms with Gasteiger partial charge in [-0.15, -0.1) is 0 Å². The molecule has 2 aromatic rings. The molecule has 0 aliphatic carbocycles. The van der Waals surface area contributed by atoms with Gasteiger partial charge in [0.15, 0.2) is 0 Å². The quantitative estimate of drug-likeness (QED) is 0.824. The summed E-state index contributed by atoms with van der Waals surface area (Å²) in [4.78, 5) is 12.1. The van der Waals surface area contributed by atoms with Gasteiger partial charge in [-0.2, -0.15) is 0 Å². The van der Waals surface area contributed by atoms with Crippen LogP contribution in [-0.4, -0.2) is 19.6 Å². The molecule has 0 spiro atoms. The number of carbonyl (C=O) groups is 1. The molecule has 0 atom stereocenters. The Bertz CT molecular complexity index is 701. The highest BCUT2D eigenvalue weighted by Gasteiger charge is 2.08. The molecule has 2 N–H and O–H groups in total. The topological polar surface area (TPSA) is 50.4 Å². The van der Waals surface area contributed by atoms with Crippen LogP contribution in [-0.2, 0) is 4.79 Å². The van der Waals surface area contributed by atoms with Crippen molar-refractivity contribution < 1.29 is 9.53 Å². The van der Waals surface area contributed by atoms with Crippen LogP contribution in [0.5, 0.6) is 5.75 Å². The number of hydrogen-bond acceptors (Lipinski definition) is 3. The fraction of sp³-hybridized carbons (Fsp3) is 0.278. The van der Waals surface area contributed by atoms with E-state index in [-0.39, 0.29) is 5.91 Å². The highest BCUT2D eigenvalue weighted by Crippen LogP contribution is 2.25. The fourth-order valence-electron chi connectivity index (χ4n) is 2.23. The van der Waals surface area contributed by atoms with Gasteiger partial charge in [0.1, 0.15) is 5.75 Å². The molecule has 0 fully saturated rings. The molecule has 0 aromatic heterocycles. The van der Waals surface area contributed by atoms with Crippen molar-refractivity contribution >= 4 is 28.9 Å². The van der Waals surface area contributed by atoms with E-state index in [2.05, 4.69) is 10.6 Å². The minimum atomic E-state index is -0.0607. The third-order valence-corrected chi connectivity index (χ3v) is 3.97. The molecule has 0 saturated heterocycles. The molecule has 1 amide bonds. The lowest BCUT2D eigenvalue weighted by Gasteiger charge is -2.13. The molecule has 122 valence electrons. The molecule has 0 bridgehead atoms. The summed E-state index contributed by atoms with van der Waals surface area (Å²) in [6.45, 7) is 4.41. The van der Waals surface area contributed by atoms with Crippen LogP contribution in [0.4, 0.5) is 11.4 Å². The summed E-state index contributed by atoms with van der Waals surface area (Å²) in [7, 11) is 1.63. The predicted octanol–water partition coefficient (Wildman–Crippen LogP) is 4.41. The first-order chi connectivity index (χ1) is 11.0. The van der Waals surface area contributed by atoms with Crippen LogP contribution in [0.2, 0.25) is 5.02 Å². The first-order valence-electron chi connectivity index (χ1n) is 7.44. The van der Waals surface area contributed by atoms with Gasteiger partial charge in [-0.25, -0.2) is 0 Å². The molecule has 2 aromatic carbocycles. The normalized spacial score (nSPS) is 10.3. The van der Waals surface area contributed by atoms with Crippen molar-refractivity contribution in [2.75, 3.05) is 24.3 Å². The van der Waals surface area contributed by atoms with Crippen molar-refractivity contribution in [2.24, 2.45) is 0 Å². The van der Waals surface area contributed by atoms with E-state index in [0.717, 1.165) is 28.3 Å². The lowest BCUT2D eigenvalue weighted by atomic mass is 10.2. The van der Waals surface area contributed by atoms with Crippen molar-refractivity contribution in [3.05, 3.63) is 52.5 Å². The van der Waals surface area contributed by atoms with Crippen LogP contribution >= 0.6 is 11.6 Å². The van der Waals surface area contributed by atoms with Crippen LogP contribution in [0, 0.1) is 13.8 Å². The monoisotopic (exact) mass is 332 g/mol. The molecule has 0 saturated carbocycles. The minimum absolute atomic E-state index is 0.0607. The lowest BCUT2D eigenvalue weighted by Crippen LogP contribution is -2.17. The average Bonchev–Trinajstić information content (AvgIpc) is 2.52. The zero-order valence-corrected chi connectivity index (χ0v) is 14.3. The van der Waals surface area contributed by atoms with Crippen LogP contribution < -0.4 is 15.4 Å². The van der Waals surface area contributed by atoms with Gasteiger partial charge in [0.25, 0.3) is 0 Å². The van der Waals surface area contributed by atoms with E-state index < -0.39 is 0 Å². The summed E-state index contributed by atoms with van der Waals surface area (Å²) in [6.07, 6.45) is 0.350. The summed E-state index contributed by atoms with van der Waals surface area (Å²) in [5.74, 6) is 0.705. The number of nitrogens with one attached hydrogen (secondary N) is 2. The summed E-state index contributed by atoms with van der Waals surface area (Å²) >= 11 is 6.05. The van der Waals surface area contributed by atoms with Crippen LogP contribution in [0.25, 0.3) is 0 Å². The predicted molar refractivity (Wildman–Crippen MR) is 95.7 cm³/mol. The Morgan fingerprint density at radius 2 is 1.96 bits per heavy atom. The molecule has 4 nitrogen and oxygen atoms in total. The van der Waals surface area contributed by atoms with E-state index in [1.807, 2.05) is 44.2 Å². The second kappa shape index (κ2) is 7.88. The summed E-state index contributed by atoms with van der Waals surface area (Å²) in [6, 6.07) is 11.4. The number of anilines is 2. The Morgan fingerprint density at radius 3 is 2.70 bits per heavy atom. The van der Waals surface area contributed by atoms with Gasteiger partial charge in [0.2, 0.25) is 5.91 Å². The first-order valence-corrected chi connectivity index (χ1v) is 7.82. The maximum Gasteiger partial charge on any atom is 0.226 e. The fourth-order valence-corrected chi connectivity index (χ4v) is 2.40. The van der Waals surface area contributed by atoms with Gasteiger partial charge < -0.3 is 15.4 Å². The zero-order chi connectivity index (χ0) is 16.8. The number of benzene rings is 2. The van der Waals surface area contributed by atoms with Gasteiger partial charge in [-0.3, -0.25) is 4.79 Å². The Kier molecular flexibility index (Phi) is 5.88. The number of amides is 1. The Morgan fingerprint density at radius 1 is 1.17 bits per heavy atom. The Balaban J connectivity index is 1.90. The zero-order valence-electron chi connectivity index (χ0n) is 13.6. The molecular formula is C18H21ClN2O2. The number of methoxy groups -OCH3 is 1. The molecule has 2 rings (SSSR count). The van der Waals surface area contributed by atoms with E-state index >= 15 is 0 Å². The molecule has 5 heteroatoms. The molecule has 0 aliphatic rings. The maximum atomic E-state index is 12.1. The lowest BCUT2D eigenvalue weighted by molar-refractivity contribution is -0.115. The summed E-state index contributed by atoms with van der Waals surface area (Å²) in [5.41, 5.74) is 3.64. The van der Waals surface area contributed by atoms with Crippen molar-refractivity contribution in [1.82, 2.24) is 0 Å². The standard InChI is InChI=1S/C18H21ClN2O2/c1-12-7-8-17(23-3)16(11-12)20-10-9-18(22)21-15-6-4-5-14(19)13(15)2/h4-8,11,20H,9-10H2,1-3H3,(H,21,22). The molecule has 0 heterocycles. The van der Waals surface area contributed by atoms with E-state index in [1.54, 1.807) is 13.2 Å². The SMILES string of the molecule is COc1ccc(C)cc1NCCC(=O)Nc1cccc(Cl)c1C. The van der Waals surface area contributed by atoms with E-state index in [9.17, 15) is 4.79 Å². The van der Waals surface area contributed by atoms with Crippen molar-refractivity contribution in [3.63, 3.8) is 0 Å². The minimum Gasteiger partial charge on any atom is -0.495 e. The van der Waals surface area contributed by atoms with Crippen molar-refractivity contribution in [3.8, 4) is 5.75 Å². The second-order valence-electron chi connectivity index (χ2n) is 5.34. The van der Waals surface area contributed by atoms with Crippen LogP contribution in [0.1, 0.15) is 17.5 Å². The number of aryl methyl sites for hydroxylation is 1. The van der Waals surface area contributed by atoms with Gasteiger partial charge in [-0.05, 0) is 49.2 Å². The third kappa shape index (κ3) is 4.63. The highest BCUT2D eigenvalue weighted by molar-refractivity contribution is 6.31.